The van der Waals surface area contributed by atoms with E-state index in [0.717, 1.165) is 23.7 Å². The highest BCUT2D eigenvalue weighted by molar-refractivity contribution is 8.01. The topological polar surface area (TPSA) is 45.1 Å². The highest BCUT2D eigenvalue weighted by Crippen LogP contribution is 2.38. The van der Waals surface area contributed by atoms with Crippen molar-refractivity contribution in [1.82, 2.24) is 10.3 Å². The summed E-state index contributed by atoms with van der Waals surface area (Å²) in [4.78, 5) is 4.33. The molecule has 0 spiro atoms. The third-order valence-electron chi connectivity index (χ3n) is 3.33. The number of hydrogen-bond acceptors (Lipinski definition) is 5. The quantitative estimate of drug-likeness (QED) is 0.864. The Kier molecular flexibility index (Phi) is 4.85. The number of aliphatic hydroxyl groups excluding tert-OH is 1. The molecule has 1 aromatic rings. The van der Waals surface area contributed by atoms with Gasteiger partial charge in [0.1, 0.15) is 4.34 Å². The van der Waals surface area contributed by atoms with Crippen LogP contribution < -0.4 is 5.32 Å². The van der Waals surface area contributed by atoms with Gasteiger partial charge >= 0.3 is 0 Å². The van der Waals surface area contributed by atoms with Crippen LogP contribution in [0.1, 0.15) is 32.6 Å². The van der Waals surface area contributed by atoms with Gasteiger partial charge in [0.05, 0.1) is 6.61 Å². The Morgan fingerprint density at radius 3 is 3.24 bits per heavy atom. The van der Waals surface area contributed by atoms with Gasteiger partial charge in [-0.2, -0.15) is 0 Å². The van der Waals surface area contributed by atoms with Gasteiger partial charge in [-0.25, -0.2) is 4.98 Å². The summed E-state index contributed by atoms with van der Waals surface area (Å²) >= 11 is 3.58. The van der Waals surface area contributed by atoms with Gasteiger partial charge in [0.2, 0.25) is 0 Å². The highest BCUT2D eigenvalue weighted by atomic mass is 32.2. The first kappa shape index (κ1) is 13.3. The fourth-order valence-electron chi connectivity index (χ4n) is 2.55. The summed E-state index contributed by atoms with van der Waals surface area (Å²) < 4.78 is 1.15. The third kappa shape index (κ3) is 3.44. The van der Waals surface area contributed by atoms with Crippen LogP contribution in [0.15, 0.2) is 15.9 Å². The number of thiazole rings is 1. The highest BCUT2D eigenvalue weighted by Gasteiger charge is 2.35. The van der Waals surface area contributed by atoms with Gasteiger partial charge in [0.15, 0.2) is 0 Å². The Hall–Kier alpha value is -0.100. The van der Waals surface area contributed by atoms with Gasteiger partial charge in [0.25, 0.3) is 0 Å². The Bertz CT molecular complexity index is 327. The number of aromatic nitrogens is 1. The van der Waals surface area contributed by atoms with Gasteiger partial charge in [-0.3, -0.25) is 0 Å². The Balaban J connectivity index is 1.96. The minimum atomic E-state index is -0.0536. The Morgan fingerprint density at radius 2 is 2.59 bits per heavy atom. The Morgan fingerprint density at radius 1 is 1.71 bits per heavy atom. The van der Waals surface area contributed by atoms with E-state index in [9.17, 15) is 5.11 Å². The molecule has 3 nitrogen and oxygen atoms in total. The zero-order chi connectivity index (χ0) is 12.1. The zero-order valence-electron chi connectivity index (χ0n) is 10.2. The molecule has 0 bridgehead atoms. The first-order valence-electron chi connectivity index (χ1n) is 6.20. The van der Waals surface area contributed by atoms with Crippen molar-refractivity contribution in [2.75, 3.05) is 13.2 Å². The van der Waals surface area contributed by atoms with Crippen molar-refractivity contribution in [2.45, 2.75) is 47.7 Å². The summed E-state index contributed by atoms with van der Waals surface area (Å²) in [6.45, 7) is 3.28. The van der Waals surface area contributed by atoms with Gasteiger partial charge in [-0.1, -0.05) is 25.1 Å². The maximum absolute atomic E-state index is 9.63. The van der Waals surface area contributed by atoms with E-state index in [2.05, 4.69) is 17.2 Å². The molecule has 2 N–H and O–H groups in total. The molecule has 1 aliphatic carbocycles. The number of likely N-dealkylation sites (N-methyl/N-ethyl adjacent to an activating group) is 1. The molecule has 2 unspecified atom stereocenters. The number of rotatable bonds is 5. The lowest BCUT2D eigenvalue weighted by molar-refractivity contribution is 0.125. The zero-order valence-corrected chi connectivity index (χ0v) is 11.8. The molecule has 2 atom stereocenters. The second-order valence-corrected chi connectivity index (χ2v) is 7.05. The van der Waals surface area contributed by atoms with Crippen LogP contribution in [0.3, 0.4) is 0 Å². The fourth-order valence-corrected chi connectivity index (χ4v) is 4.81. The molecule has 1 heterocycles. The number of aliphatic hydroxyl groups is 1. The maximum Gasteiger partial charge on any atom is 0.150 e. The first-order chi connectivity index (χ1) is 8.28. The van der Waals surface area contributed by atoms with E-state index in [4.69, 9.17) is 0 Å². The molecule has 0 saturated heterocycles. The second-order valence-electron chi connectivity index (χ2n) is 4.60. The molecule has 0 aromatic carbocycles. The van der Waals surface area contributed by atoms with E-state index in [1.165, 1.54) is 12.8 Å². The van der Waals surface area contributed by atoms with E-state index in [1.54, 1.807) is 11.3 Å². The van der Waals surface area contributed by atoms with Gasteiger partial charge in [-0.05, 0) is 25.8 Å². The predicted molar refractivity (Wildman–Crippen MR) is 73.7 cm³/mol. The van der Waals surface area contributed by atoms with Crippen LogP contribution in [0.4, 0.5) is 0 Å². The minimum Gasteiger partial charge on any atom is -0.394 e. The number of hydrogen-bond donors (Lipinski definition) is 2. The van der Waals surface area contributed by atoms with Crippen molar-refractivity contribution in [3.8, 4) is 0 Å². The lowest BCUT2D eigenvalue weighted by Gasteiger charge is -2.40. The Labute approximate surface area is 111 Å². The van der Waals surface area contributed by atoms with Crippen molar-refractivity contribution in [3.63, 3.8) is 0 Å². The summed E-state index contributed by atoms with van der Waals surface area (Å²) in [5.41, 5.74) is -0.0536. The van der Waals surface area contributed by atoms with Crippen LogP contribution in [-0.4, -0.2) is 34.0 Å². The summed E-state index contributed by atoms with van der Waals surface area (Å²) in [6.07, 6.45) is 6.42. The first-order valence-corrected chi connectivity index (χ1v) is 7.96. The van der Waals surface area contributed by atoms with Crippen LogP contribution in [0, 0.1) is 0 Å². The molecule has 5 heteroatoms. The average Bonchev–Trinajstić information content (AvgIpc) is 2.83. The van der Waals surface area contributed by atoms with Crippen LogP contribution in [0.5, 0.6) is 0 Å². The number of thioether (sulfide) groups is 1. The van der Waals surface area contributed by atoms with E-state index < -0.39 is 0 Å². The molecule has 0 radical (unpaired) electrons. The van der Waals surface area contributed by atoms with Crippen LogP contribution >= 0.6 is 23.1 Å². The van der Waals surface area contributed by atoms with Crippen molar-refractivity contribution in [3.05, 3.63) is 11.6 Å². The normalized spacial score (nSPS) is 29.4. The van der Waals surface area contributed by atoms with E-state index in [1.807, 2.05) is 23.3 Å². The summed E-state index contributed by atoms with van der Waals surface area (Å²) in [6, 6.07) is 0. The number of nitrogens with zero attached hydrogens (tertiary/aromatic N) is 1. The molecule has 0 aliphatic heterocycles. The standard InChI is InChI=1S/C12H20N2OS2/c1-2-14-12(9-15)5-3-4-10(8-12)17-11-13-6-7-16-11/h6-7,10,14-15H,2-5,8-9H2,1H3. The summed E-state index contributed by atoms with van der Waals surface area (Å²) in [5.74, 6) is 0. The van der Waals surface area contributed by atoms with Gasteiger partial charge in [0, 0.05) is 22.4 Å². The monoisotopic (exact) mass is 272 g/mol. The van der Waals surface area contributed by atoms with Crippen LogP contribution in [-0.2, 0) is 0 Å². The minimum absolute atomic E-state index is 0.0536. The third-order valence-corrected chi connectivity index (χ3v) is 5.52. The lowest BCUT2D eigenvalue weighted by atomic mass is 9.82. The fraction of sp³-hybridized carbons (Fsp3) is 0.750. The largest absolute Gasteiger partial charge is 0.394 e. The molecule has 1 fully saturated rings. The van der Waals surface area contributed by atoms with Crippen molar-refractivity contribution in [1.29, 1.82) is 0 Å². The van der Waals surface area contributed by atoms with Crippen molar-refractivity contribution in [2.24, 2.45) is 0 Å². The van der Waals surface area contributed by atoms with Gasteiger partial charge in [-0.15, -0.1) is 11.3 Å². The SMILES string of the molecule is CCNC1(CO)CCCC(Sc2nccs2)C1. The molecule has 1 saturated carbocycles. The summed E-state index contributed by atoms with van der Waals surface area (Å²) in [5, 5.41) is 15.7. The second kappa shape index (κ2) is 6.18. The summed E-state index contributed by atoms with van der Waals surface area (Å²) in [7, 11) is 0. The van der Waals surface area contributed by atoms with Crippen LogP contribution in [0.25, 0.3) is 0 Å². The van der Waals surface area contributed by atoms with Crippen molar-refractivity contribution < 1.29 is 5.11 Å². The maximum atomic E-state index is 9.63. The molecular weight excluding hydrogens is 252 g/mol. The molecule has 1 aliphatic rings. The molecule has 17 heavy (non-hydrogen) atoms. The molecular formula is C12H20N2OS2. The average molecular weight is 272 g/mol. The molecule has 2 rings (SSSR count). The van der Waals surface area contributed by atoms with Crippen LogP contribution in [0.2, 0.25) is 0 Å². The lowest BCUT2D eigenvalue weighted by Crippen LogP contribution is -2.52. The molecule has 96 valence electrons. The van der Waals surface area contributed by atoms with Crippen molar-refractivity contribution >= 4 is 23.1 Å². The van der Waals surface area contributed by atoms with Gasteiger partial charge < -0.3 is 10.4 Å². The van der Waals surface area contributed by atoms with E-state index >= 15 is 0 Å². The smallest absolute Gasteiger partial charge is 0.150 e. The predicted octanol–water partition coefficient (Wildman–Crippen LogP) is 2.52. The van der Waals surface area contributed by atoms with E-state index in [-0.39, 0.29) is 12.1 Å². The molecule has 1 aromatic heterocycles. The van der Waals surface area contributed by atoms with E-state index in [0.29, 0.717) is 5.25 Å². The number of nitrogens with one attached hydrogen (secondary N) is 1. The molecule has 0 amide bonds.